The molecule has 0 aliphatic carbocycles. The minimum atomic E-state index is -0.498. The zero-order chi connectivity index (χ0) is 21.8. The van der Waals surface area contributed by atoms with Gasteiger partial charge in [-0.2, -0.15) is 9.65 Å². The molecule has 1 N–H and O–H groups in total. The molecule has 1 amide bonds. The van der Waals surface area contributed by atoms with E-state index in [1.54, 1.807) is 0 Å². The zero-order valence-corrected chi connectivity index (χ0v) is 17.4. The molecule has 1 aromatic carbocycles. The van der Waals surface area contributed by atoms with Crippen LogP contribution in [0.5, 0.6) is 5.75 Å². The van der Waals surface area contributed by atoms with Gasteiger partial charge in [0.05, 0.1) is 0 Å². The molecule has 6 nitrogen and oxygen atoms in total. The summed E-state index contributed by atoms with van der Waals surface area (Å²) in [6.45, 7) is 7.70. The molecular formula is C23H29FN4O2. The molecule has 0 spiro atoms. The molecule has 160 valence electrons. The number of rotatable bonds is 11. The highest BCUT2D eigenvalue weighted by Crippen LogP contribution is 2.13. The zero-order valence-electron chi connectivity index (χ0n) is 17.4. The molecule has 1 saturated heterocycles. The third-order valence-corrected chi connectivity index (χ3v) is 4.81. The van der Waals surface area contributed by atoms with E-state index in [2.05, 4.69) is 16.8 Å². The van der Waals surface area contributed by atoms with E-state index in [1.807, 2.05) is 30.3 Å². The molecule has 7 heteroatoms. The Labute approximate surface area is 177 Å². The minimum Gasteiger partial charge on any atom is -0.492 e. The number of amides is 1. The molecule has 0 radical (unpaired) electrons. The molecule has 30 heavy (non-hydrogen) atoms. The fourth-order valence-corrected chi connectivity index (χ4v) is 3.01. The Morgan fingerprint density at radius 2 is 2.07 bits per heavy atom. The van der Waals surface area contributed by atoms with Gasteiger partial charge >= 0.3 is 0 Å². The summed E-state index contributed by atoms with van der Waals surface area (Å²) >= 11 is 0. The van der Waals surface area contributed by atoms with Gasteiger partial charge in [-0.15, -0.1) is 0 Å². The monoisotopic (exact) mass is 412 g/mol. The van der Waals surface area contributed by atoms with Crippen LogP contribution in [0.25, 0.3) is 0 Å². The quantitative estimate of drug-likeness (QED) is 0.262. The van der Waals surface area contributed by atoms with Crippen LogP contribution < -0.4 is 10.1 Å². The van der Waals surface area contributed by atoms with Crippen LogP contribution in [-0.4, -0.2) is 55.5 Å². The van der Waals surface area contributed by atoms with E-state index in [-0.39, 0.29) is 18.7 Å². The summed E-state index contributed by atoms with van der Waals surface area (Å²) in [5.41, 5.74) is 0.833. The van der Waals surface area contributed by atoms with Crippen molar-refractivity contribution in [2.75, 3.05) is 39.8 Å². The summed E-state index contributed by atoms with van der Waals surface area (Å²) < 4.78 is 19.4. The number of ether oxygens (including phenoxy) is 1. The molecule has 0 unspecified atom stereocenters. The van der Waals surface area contributed by atoms with Gasteiger partial charge in [-0.3, -0.25) is 9.69 Å². The van der Waals surface area contributed by atoms with Crippen LogP contribution in [0.4, 0.5) is 4.39 Å². The highest BCUT2D eigenvalue weighted by atomic mass is 19.1. The first kappa shape index (κ1) is 23.2. The summed E-state index contributed by atoms with van der Waals surface area (Å²) in [5, 5.41) is 11.9. The van der Waals surface area contributed by atoms with Gasteiger partial charge in [0, 0.05) is 26.7 Å². The van der Waals surface area contributed by atoms with Crippen LogP contribution >= 0.6 is 0 Å². The van der Waals surface area contributed by atoms with Crippen molar-refractivity contribution in [1.29, 1.82) is 5.26 Å². The third kappa shape index (κ3) is 7.72. The number of benzene rings is 1. The normalized spacial score (nSPS) is 14.8. The van der Waals surface area contributed by atoms with Crippen molar-refractivity contribution in [2.24, 2.45) is 0 Å². The average Bonchev–Trinajstić information content (AvgIpc) is 3.27. The number of nitrogens with one attached hydrogen (secondary N) is 1. The number of carbonyl (C=O) groups excluding carboxylic acids is 1. The molecule has 0 atom stereocenters. The summed E-state index contributed by atoms with van der Waals surface area (Å²) in [4.78, 5) is 15.9. The topological polar surface area (TPSA) is 68.6 Å². The van der Waals surface area contributed by atoms with Crippen LogP contribution in [-0.2, 0) is 11.3 Å². The van der Waals surface area contributed by atoms with Gasteiger partial charge in [-0.1, -0.05) is 24.8 Å². The van der Waals surface area contributed by atoms with Gasteiger partial charge in [-0.25, -0.2) is 0 Å². The van der Waals surface area contributed by atoms with Crippen molar-refractivity contribution in [3.8, 4) is 11.8 Å². The first-order valence-corrected chi connectivity index (χ1v) is 10.1. The van der Waals surface area contributed by atoms with E-state index < -0.39 is 11.9 Å². The predicted octanol–water partition coefficient (Wildman–Crippen LogP) is 3.16. The third-order valence-electron chi connectivity index (χ3n) is 4.81. The summed E-state index contributed by atoms with van der Waals surface area (Å²) in [7, 11) is 1.52. The second-order valence-corrected chi connectivity index (χ2v) is 7.06. The second kappa shape index (κ2) is 12.5. The Hall–Kier alpha value is -3.11. The van der Waals surface area contributed by atoms with Gasteiger partial charge in [-0.05, 0) is 55.8 Å². The molecule has 1 aromatic rings. The predicted molar refractivity (Wildman–Crippen MR) is 115 cm³/mol. The Balaban J connectivity index is 1.78. The van der Waals surface area contributed by atoms with Crippen molar-refractivity contribution >= 4 is 5.91 Å². The van der Waals surface area contributed by atoms with Gasteiger partial charge in [0.1, 0.15) is 24.0 Å². The van der Waals surface area contributed by atoms with Crippen molar-refractivity contribution in [3.63, 3.8) is 0 Å². The Bertz CT molecular complexity index is 805. The second-order valence-electron chi connectivity index (χ2n) is 7.06. The van der Waals surface area contributed by atoms with Crippen LogP contribution in [0.2, 0.25) is 0 Å². The van der Waals surface area contributed by atoms with E-state index in [4.69, 9.17) is 4.74 Å². The van der Waals surface area contributed by atoms with Crippen molar-refractivity contribution in [1.82, 2.24) is 15.1 Å². The number of halogens is 1. The van der Waals surface area contributed by atoms with E-state index in [0.29, 0.717) is 6.61 Å². The number of allylic oxidation sites excluding steroid dienone is 2. The standard InChI is InChI=1S/C23H29FN4O2/c1-3-6-22(24)27(2)14-11-20(17-25)23(29)26-18-19-7-9-21(10-8-19)30-16-15-28-12-4-5-13-28/h3,6-11H,1,4-5,12-16,18H2,2H3,(H,26,29)/b20-11+,22-6-. The van der Waals surface area contributed by atoms with E-state index >= 15 is 0 Å². The fourth-order valence-electron chi connectivity index (χ4n) is 3.01. The van der Waals surface area contributed by atoms with Crippen LogP contribution in [0.3, 0.4) is 0 Å². The number of hydrogen-bond acceptors (Lipinski definition) is 5. The lowest BCUT2D eigenvalue weighted by molar-refractivity contribution is -0.117. The number of hydrogen-bond donors (Lipinski definition) is 1. The SMILES string of the molecule is C=C/C=C(/F)N(C)C/C=C(\C#N)C(=O)NCc1ccc(OCCN2CCCC2)cc1. The molecule has 2 rings (SSSR count). The largest absolute Gasteiger partial charge is 0.492 e. The number of likely N-dealkylation sites (tertiary alicyclic amines) is 1. The molecule has 0 aromatic heterocycles. The maximum absolute atomic E-state index is 13.6. The maximum atomic E-state index is 13.6. The van der Waals surface area contributed by atoms with Crippen molar-refractivity contribution < 1.29 is 13.9 Å². The van der Waals surface area contributed by atoms with Gasteiger partial charge in [0.25, 0.3) is 5.91 Å². The van der Waals surface area contributed by atoms with E-state index in [9.17, 15) is 14.4 Å². The first-order valence-electron chi connectivity index (χ1n) is 10.1. The van der Waals surface area contributed by atoms with Crippen LogP contribution in [0, 0.1) is 11.3 Å². The Morgan fingerprint density at radius 3 is 2.70 bits per heavy atom. The molecule has 1 aliphatic rings. The smallest absolute Gasteiger partial charge is 0.261 e. The Kier molecular flexibility index (Phi) is 9.62. The first-order chi connectivity index (χ1) is 14.5. The summed E-state index contributed by atoms with van der Waals surface area (Å²) in [5.74, 6) is -0.203. The lowest BCUT2D eigenvalue weighted by atomic mass is 10.2. The highest BCUT2D eigenvalue weighted by molar-refractivity contribution is 5.97. The van der Waals surface area contributed by atoms with Crippen molar-refractivity contribution in [2.45, 2.75) is 19.4 Å². The minimum absolute atomic E-state index is 0.0601. The van der Waals surface area contributed by atoms with Crippen LogP contribution in [0.15, 0.2) is 60.6 Å². The molecule has 1 fully saturated rings. The lowest BCUT2D eigenvalue weighted by Crippen LogP contribution is -2.25. The number of carbonyl (C=O) groups is 1. The number of nitriles is 1. The lowest BCUT2D eigenvalue weighted by Gasteiger charge is -2.15. The maximum Gasteiger partial charge on any atom is 0.261 e. The summed E-state index contributed by atoms with van der Waals surface area (Å²) in [6.07, 6.45) is 6.46. The molecule has 1 aliphatic heterocycles. The molecule has 0 bridgehead atoms. The van der Waals surface area contributed by atoms with Gasteiger partial charge in [0.15, 0.2) is 5.95 Å². The summed E-state index contributed by atoms with van der Waals surface area (Å²) in [6, 6.07) is 9.36. The molecule has 1 heterocycles. The highest BCUT2D eigenvalue weighted by Gasteiger charge is 2.11. The van der Waals surface area contributed by atoms with Gasteiger partial charge < -0.3 is 15.0 Å². The van der Waals surface area contributed by atoms with Crippen LogP contribution in [0.1, 0.15) is 18.4 Å². The Morgan fingerprint density at radius 1 is 1.37 bits per heavy atom. The van der Waals surface area contributed by atoms with E-state index in [1.165, 1.54) is 43.0 Å². The molecular weight excluding hydrogens is 383 g/mol. The number of nitrogens with zero attached hydrogens (tertiary/aromatic N) is 3. The fraction of sp³-hybridized carbons (Fsp3) is 0.391. The number of likely N-dealkylation sites (N-methyl/N-ethyl adjacent to an activating group) is 1. The molecule has 0 saturated carbocycles. The van der Waals surface area contributed by atoms with E-state index in [0.717, 1.165) is 30.9 Å². The van der Waals surface area contributed by atoms with Crippen molar-refractivity contribution in [3.05, 3.63) is 66.2 Å². The average molecular weight is 413 g/mol. The van der Waals surface area contributed by atoms with Gasteiger partial charge in [0.2, 0.25) is 0 Å².